The van der Waals surface area contributed by atoms with Crippen LogP contribution < -0.4 is 5.11 Å². The van der Waals surface area contributed by atoms with E-state index in [1.165, 1.54) is 24.3 Å². The lowest BCUT2D eigenvalue weighted by molar-refractivity contribution is -0.539. The number of carbonyl (C=O) groups is 1. The minimum absolute atomic E-state index is 0.000709. The molecule has 0 atom stereocenters. The monoisotopic (exact) mass is 276 g/mol. The van der Waals surface area contributed by atoms with Crippen molar-refractivity contribution in [3.63, 3.8) is 0 Å². The number of hydrogen-bond donors (Lipinski definition) is 0. The van der Waals surface area contributed by atoms with E-state index in [1.54, 1.807) is 27.7 Å². The molecule has 0 aliphatic carbocycles. The largest absolute Gasteiger partial charge is 0.714 e. The highest BCUT2D eigenvalue weighted by molar-refractivity contribution is 5.97. The number of hydrogen-bond acceptors (Lipinski definition) is 4. The Morgan fingerprint density at radius 3 is 2.00 bits per heavy atom. The zero-order valence-corrected chi connectivity index (χ0v) is 11.8. The third-order valence-electron chi connectivity index (χ3n) is 4.28. The molecule has 0 spiro atoms. The first kappa shape index (κ1) is 14.3. The number of carboxylic acid groups (broad SMARTS) is 1. The van der Waals surface area contributed by atoms with Gasteiger partial charge in [0.25, 0.3) is 0 Å². The van der Waals surface area contributed by atoms with Crippen molar-refractivity contribution in [3.05, 3.63) is 40.6 Å². The number of nitrogens with zero attached hydrogens (tertiary/aromatic N) is 2. The summed E-state index contributed by atoms with van der Waals surface area (Å²) in [6.45, 7) is 6.81. The smallest absolute Gasteiger partial charge is 0.316 e. The number of hydroxylamine groups is 3. The first-order chi connectivity index (χ1) is 9.10. The van der Waals surface area contributed by atoms with Gasteiger partial charge in [0.1, 0.15) is 5.54 Å². The molecule has 0 N–H and O–H groups in total. The lowest BCUT2D eigenvalue weighted by Crippen LogP contribution is -2.53. The van der Waals surface area contributed by atoms with Gasteiger partial charge in [-0.2, -0.15) is 0 Å². The molecule has 1 aromatic rings. The highest BCUT2D eigenvalue weighted by Crippen LogP contribution is 2.37. The summed E-state index contributed by atoms with van der Waals surface area (Å²) in [5.41, 5.74) is -1.40. The molecule has 0 bridgehead atoms. The van der Waals surface area contributed by atoms with Gasteiger partial charge in [0.2, 0.25) is 0 Å². The molecule has 0 unspecified atom stereocenters. The van der Waals surface area contributed by atoms with E-state index in [2.05, 4.69) is 0 Å². The number of rotatable bonds is 2. The average Bonchev–Trinajstić information content (AvgIpc) is 2.49. The standard InChI is InChI=1S/C14H17N2O4/c1-13(2)14(3,4)16(20)11(15(13)19)9-5-7-10(8-6-9)12(17)18/h5-8H,1-4H3,(H,17,18)/p-1. The van der Waals surface area contributed by atoms with Gasteiger partial charge in [-0.05, 0) is 45.4 Å². The molecule has 0 aromatic heterocycles. The van der Waals surface area contributed by atoms with E-state index in [9.17, 15) is 20.3 Å². The van der Waals surface area contributed by atoms with Crippen LogP contribution in [0.1, 0.15) is 43.6 Å². The second-order valence-corrected chi connectivity index (χ2v) is 5.90. The van der Waals surface area contributed by atoms with Gasteiger partial charge in [-0.15, -0.1) is 0 Å². The summed E-state index contributed by atoms with van der Waals surface area (Å²) in [5, 5.41) is 36.2. The predicted molar refractivity (Wildman–Crippen MR) is 69.2 cm³/mol. The fourth-order valence-electron chi connectivity index (χ4n) is 2.10. The van der Waals surface area contributed by atoms with E-state index < -0.39 is 17.0 Å². The molecule has 0 amide bonds. The number of carboxylic acids is 1. The van der Waals surface area contributed by atoms with Crippen molar-refractivity contribution in [2.75, 3.05) is 0 Å². The van der Waals surface area contributed by atoms with E-state index in [4.69, 9.17) is 0 Å². The van der Waals surface area contributed by atoms with Crippen LogP contribution in [0.15, 0.2) is 24.3 Å². The Hall–Kier alpha value is -2.08. The van der Waals surface area contributed by atoms with Crippen LogP contribution in [-0.4, -0.2) is 32.7 Å². The molecule has 6 nitrogen and oxygen atoms in total. The first-order valence-electron chi connectivity index (χ1n) is 6.24. The van der Waals surface area contributed by atoms with Crippen LogP contribution in [0.3, 0.4) is 0 Å². The molecule has 6 heteroatoms. The minimum Gasteiger partial charge on any atom is -0.714 e. The van der Waals surface area contributed by atoms with Crippen molar-refractivity contribution >= 4 is 11.8 Å². The Kier molecular flexibility index (Phi) is 3.02. The number of amidine groups is 1. The molecule has 0 saturated carbocycles. The van der Waals surface area contributed by atoms with Gasteiger partial charge in [-0.1, -0.05) is 17.2 Å². The molecule has 107 valence electrons. The molecule has 1 aromatic carbocycles. The predicted octanol–water partition coefficient (Wildman–Crippen LogP) is 0.525. The van der Waals surface area contributed by atoms with E-state index in [0.717, 1.165) is 0 Å². The quantitative estimate of drug-likeness (QED) is 0.582. The average molecular weight is 276 g/mol. The third kappa shape index (κ3) is 1.76. The van der Waals surface area contributed by atoms with Gasteiger partial charge in [-0.3, -0.25) is 4.74 Å². The maximum absolute atomic E-state index is 12.4. The van der Waals surface area contributed by atoms with Crippen molar-refractivity contribution in [2.45, 2.75) is 38.8 Å². The van der Waals surface area contributed by atoms with Crippen LogP contribution in [-0.2, 0) is 5.21 Å². The van der Waals surface area contributed by atoms with Crippen molar-refractivity contribution in [2.24, 2.45) is 0 Å². The van der Waals surface area contributed by atoms with E-state index in [1.807, 2.05) is 0 Å². The molecule has 2 rings (SSSR count). The molecule has 1 radical (unpaired) electrons. The van der Waals surface area contributed by atoms with Crippen LogP contribution >= 0.6 is 0 Å². The van der Waals surface area contributed by atoms with Crippen LogP contribution in [0.2, 0.25) is 0 Å². The molecule has 1 aliphatic rings. The summed E-state index contributed by atoms with van der Waals surface area (Å²) in [6.07, 6.45) is 0. The Morgan fingerprint density at radius 2 is 1.65 bits per heavy atom. The van der Waals surface area contributed by atoms with Crippen molar-refractivity contribution < 1.29 is 19.8 Å². The second kappa shape index (κ2) is 4.21. The van der Waals surface area contributed by atoms with Crippen molar-refractivity contribution in [1.82, 2.24) is 5.06 Å². The summed E-state index contributed by atoms with van der Waals surface area (Å²) < 4.78 is 0.689. The Bertz CT molecular complexity index is 588. The van der Waals surface area contributed by atoms with Crippen molar-refractivity contribution in [1.29, 1.82) is 0 Å². The molecule has 1 aliphatic heterocycles. The van der Waals surface area contributed by atoms with E-state index in [0.29, 0.717) is 15.4 Å². The van der Waals surface area contributed by atoms with Gasteiger partial charge in [0, 0.05) is 5.21 Å². The Labute approximate surface area is 117 Å². The van der Waals surface area contributed by atoms with Gasteiger partial charge >= 0.3 is 5.84 Å². The summed E-state index contributed by atoms with van der Waals surface area (Å²) in [5.74, 6) is -1.31. The Balaban J connectivity index is 2.52. The fourth-order valence-corrected chi connectivity index (χ4v) is 2.10. The summed E-state index contributed by atoms with van der Waals surface area (Å²) in [6, 6.07) is 5.51. The van der Waals surface area contributed by atoms with Gasteiger partial charge in [-0.25, -0.2) is 0 Å². The maximum atomic E-state index is 12.4. The van der Waals surface area contributed by atoms with Crippen LogP contribution in [0.25, 0.3) is 0 Å². The zero-order valence-electron chi connectivity index (χ0n) is 11.8. The lowest BCUT2D eigenvalue weighted by Gasteiger charge is -2.32. The van der Waals surface area contributed by atoms with Gasteiger partial charge in [0.05, 0.1) is 11.5 Å². The molecule has 1 heterocycles. The van der Waals surface area contributed by atoms with E-state index in [-0.39, 0.29) is 11.4 Å². The molecule has 20 heavy (non-hydrogen) atoms. The first-order valence-corrected chi connectivity index (χ1v) is 6.24. The summed E-state index contributed by atoms with van der Waals surface area (Å²) >= 11 is 0. The lowest BCUT2D eigenvalue weighted by atomic mass is 9.84. The van der Waals surface area contributed by atoms with Crippen LogP contribution in [0.5, 0.6) is 0 Å². The maximum Gasteiger partial charge on any atom is 0.316 e. The number of aromatic carboxylic acids is 1. The summed E-state index contributed by atoms with van der Waals surface area (Å²) in [4.78, 5) is 10.7. The fraction of sp³-hybridized carbons (Fsp3) is 0.429. The molecular weight excluding hydrogens is 260 g/mol. The second-order valence-electron chi connectivity index (χ2n) is 5.90. The van der Waals surface area contributed by atoms with Gasteiger partial charge < -0.3 is 15.1 Å². The molecule has 0 saturated heterocycles. The van der Waals surface area contributed by atoms with Crippen LogP contribution in [0, 0.1) is 5.21 Å². The normalized spacial score (nSPS) is 20.4. The number of benzene rings is 1. The molecular formula is C14H16N2O4-. The number of carbonyl (C=O) groups excluding carboxylic acids is 1. The minimum atomic E-state index is -1.30. The Morgan fingerprint density at radius 1 is 1.15 bits per heavy atom. The highest BCUT2D eigenvalue weighted by atomic mass is 16.5. The van der Waals surface area contributed by atoms with Crippen LogP contribution in [0.4, 0.5) is 0 Å². The SMILES string of the molecule is CC1(C)N([O])C(c2ccc(C(=O)[O-])cc2)=[N+]([O-])C1(C)C. The van der Waals surface area contributed by atoms with Gasteiger partial charge in [0.15, 0.2) is 5.54 Å². The third-order valence-corrected chi connectivity index (χ3v) is 4.28. The van der Waals surface area contributed by atoms with Crippen molar-refractivity contribution in [3.8, 4) is 0 Å². The molecule has 0 fully saturated rings. The summed E-state index contributed by atoms with van der Waals surface area (Å²) in [7, 11) is 0. The topological polar surface area (TPSA) is 89.3 Å². The zero-order chi connectivity index (χ0) is 15.3. The highest BCUT2D eigenvalue weighted by Gasteiger charge is 2.59. The van der Waals surface area contributed by atoms with E-state index >= 15 is 0 Å².